The molecule has 0 amide bonds. The Hall–Kier alpha value is -2.83. The average Bonchev–Trinajstić information content (AvgIpc) is 2.82. The number of rotatable bonds is 7. The molecular formula is C19H24N2O5. The van der Waals surface area contributed by atoms with Crippen LogP contribution in [-0.2, 0) is 27.2 Å². The minimum Gasteiger partial charge on any atom is -0.498 e. The van der Waals surface area contributed by atoms with Gasteiger partial charge in [0, 0.05) is 11.8 Å². The van der Waals surface area contributed by atoms with Crippen molar-refractivity contribution in [3.05, 3.63) is 41.8 Å². The van der Waals surface area contributed by atoms with Gasteiger partial charge in [-0.25, -0.2) is 4.79 Å². The fraction of sp³-hybridized carbons (Fsp3) is 0.421. The van der Waals surface area contributed by atoms with Crippen LogP contribution in [0.4, 0.5) is 0 Å². The Morgan fingerprint density at radius 1 is 1.31 bits per heavy atom. The monoisotopic (exact) mass is 360 g/mol. The molecule has 0 saturated carbocycles. The molecule has 1 aromatic heterocycles. The van der Waals surface area contributed by atoms with Crippen molar-refractivity contribution in [2.45, 2.75) is 46.3 Å². The lowest BCUT2D eigenvalue weighted by Gasteiger charge is -2.19. The number of ether oxygens (including phenoxy) is 2. The third kappa shape index (κ3) is 4.84. The van der Waals surface area contributed by atoms with E-state index in [2.05, 4.69) is 11.7 Å². The van der Waals surface area contributed by atoms with Crippen molar-refractivity contribution < 1.29 is 24.2 Å². The Morgan fingerprint density at radius 3 is 2.58 bits per heavy atom. The van der Waals surface area contributed by atoms with Gasteiger partial charge in [0.15, 0.2) is 0 Å². The van der Waals surface area contributed by atoms with Gasteiger partial charge in [0.2, 0.25) is 0 Å². The summed E-state index contributed by atoms with van der Waals surface area (Å²) in [5, 5.41) is 14.3. The van der Waals surface area contributed by atoms with Crippen LogP contribution in [0.5, 0.6) is 0 Å². The Balaban J connectivity index is 2.42. The molecule has 1 N–H and O–H groups in total. The highest BCUT2D eigenvalue weighted by Gasteiger charge is 2.20. The average molecular weight is 360 g/mol. The Morgan fingerprint density at radius 2 is 2.00 bits per heavy atom. The smallest absolute Gasteiger partial charge is 0.335 e. The first kappa shape index (κ1) is 19.5. The second-order valence-corrected chi connectivity index (χ2v) is 6.88. The van der Waals surface area contributed by atoms with Gasteiger partial charge in [-0.05, 0) is 45.9 Å². The second-order valence-electron chi connectivity index (χ2n) is 6.88. The lowest BCUT2D eigenvalue weighted by atomic mass is 10.1. The van der Waals surface area contributed by atoms with Crippen molar-refractivity contribution in [3.63, 3.8) is 0 Å². The SMILES string of the molecule is C=C(Cc1nn(CC(=O)OC(C)(C)C)c2ccc(C(=O)O)cc12)OCC. The fourth-order valence-corrected chi connectivity index (χ4v) is 2.57. The molecule has 0 aliphatic carbocycles. The molecule has 0 aliphatic rings. The number of aromatic carboxylic acids is 1. The van der Waals surface area contributed by atoms with E-state index in [1.165, 1.54) is 10.7 Å². The molecule has 1 aromatic carbocycles. The zero-order valence-electron chi connectivity index (χ0n) is 15.5. The van der Waals surface area contributed by atoms with Crippen molar-refractivity contribution in [1.29, 1.82) is 0 Å². The predicted molar refractivity (Wildman–Crippen MR) is 97.0 cm³/mol. The quantitative estimate of drug-likeness (QED) is 0.602. The van der Waals surface area contributed by atoms with Gasteiger partial charge in [-0.1, -0.05) is 6.58 Å². The largest absolute Gasteiger partial charge is 0.498 e. The summed E-state index contributed by atoms with van der Waals surface area (Å²) >= 11 is 0. The number of benzene rings is 1. The van der Waals surface area contributed by atoms with E-state index < -0.39 is 17.5 Å². The summed E-state index contributed by atoms with van der Waals surface area (Å²) in [6.45, 7) is 11.5. The van der Waals surface area contributed by atoms with E-state index in [0.717, 1.165) is 0 Å². The minimum atomic E-state index is -1.03. The summed E-state index contributed by atoms with van der Waals surface area (Å²) < 4.78 is 12.2. The molecule has 0 unspecified atom stereocenters. The first-order chi connectivity index (χ1) is 12.1. The molecule has 2 rings (SSSR count). The Labute approximate surface area is 152 Å². The molecule has 1 heterocycles. The maximum absolute atomic E-state index is 12.2. The van der Waals surface area contributed by atoms with Crippen LogP contribution in [0, 0.1) is 0 Å². The lowest BCUT2D eigenvalue weighted by molar-refractivity contribution is -0.155. The molecule has 7 nitrogen and oxygen atoms in total. The standard InChI is InChI=1S/C19H24N2O5/c1-6-25-12(2)9-15-14-10-13(18(23)24)7-8-16(14)21(20-15)11-17(22)26-19(3,4)5/h7-8,10H,2,6,9,11H2,1,3-5H3,(H,23,24). The van der Waals surface area contributed by atoms with Gasteiger partial charge in [-0.15, -0.1) is 0 Å². The van der Waals surface area contributed by atoms with Crippen LogP contribution in [0.1, 0.15) is 43.7 Å². The van der Waals surface area contributed by atoms with Crippen LogP contribution >= 0.6 is 0 Å². The van der Waals surface area contributed by atoms with E-state index in [1.807, 2.05) is 6.92 Å². The highest BCUT2D eigenvalue weighted by atomic mass is 16.6. The van der Waals surface area contributed by atoms with E-state index in [4.69, 9.17) is 9.47 Å². The number of carboxylic acid groups (broad SMARTS) is 1. The second kappa shape index (κ2) is 7.59. The summed E-state index contributed by atoms with van der Waals surface area (Å²) in [5.74, 6) is -0.919. The van der Waals surface area contributed by atoms with Gasteiger partial charge in [-0.3, -0.25) is 9.48 Å². The van der Waals surface area contributed by atoms with Crippen molar-refractivity contribution in [3.8, 4) is 0 Å². The third-order valence-corrected chi connectivity index (χ3v) is 3.49. The zero-order chi connectivity index (χ0) is 19.5. The van der Waals surface area contributed by atoms with Gasteiger partial charge in [0.05, 0.1) is 29.1 Å². The number of allylic oxidation sites excluding steroid dienone is 1. The molecule has 7 heteroatoms. The summed E-state index contributed by atoms with van der Waals surface area (Å²) in [4.78, 5) is 23.4. The summed E-state index contributed by atoms with van der Waals surface area (Å²) in [7, 11) is 0. The molecule has 2 aromatic rings. The van der Waals surface area contributed by atoms with Crippen LogP contribution in [0.2, 0.25) is 0 Å². The minimum absolute atomic E-state index is 0.0682. The fourth-order valence-electron chi connectivity index (χ4n) is 2.57. The molecule has 0 aliphatic heterocycles. The summed E-state index contributed by atoms with van der Waals surface area (Å²) in [5.41, 5.74) is 0.811. The molecule has 0 bridgehead atoms. The lowest BCUT2D eigenvalue weighted by Crippen LogP contribution is -2.26. The molecule has 0 spiro atoms. The summed E-state index contributed by atoms with van der Waals surface area (Å²) in [6.07, 6.45) is 0.328. The Bertz CT molecular complexity index is 845. The zero-order valence-corrected chi connectivity index (χ0v) is 15.5. The predicted octanol–water partition coefficient (Wildman–Crippen LogP) is 3.17. The van der Waals surface area contributed by atoms with Crippen LogP contribution < -0.4 is 0 Å². The van der Waals surface area contributed by atoms with E-state index in [0.29, 0.717) is 35.4 Å². The van der Waals surface area contributed by atoms with Gasteiger partial charge in [-0.2, -0.15) is 5.10 Å². The van der Waals surface area contributed by atoms with Gasteiger partial charge in [0.1, 0.15) is 12.1 Å². The number of aromatic nitrogens is 2. The molecule has 0 radical (unpaired) electrons. The van der Waals surface area contributed by atoms with E-state index in [-0.39, 0.29) is 12.1 Å². The topological polar surface area (TPSA) is 90.7 Å². The number of carbonyl (C=O) groups excluding carboxylic acids is 1. The number of hydrogen-bond acceptors (Lipinski definition) is 5. The van der Waals surface area contributed by atoms with Gasteiger partial charge >= 0.3 is 11.9 Å². The first-order valence-electron chi connectivity index (χ1n) is 8.36. The highest BCUT2D eigenvalue weighted by molar-refractivity contribution is 5.94. The number of carboxylic acids is 1. The highest BCUT2D eigenvalue weighted by Crippen LogP contribution is 2.23. The van der Waals surface area contributed by atoms with Crippen LogP contribution in [0.25, 0.3) is 10.9 Å². The van der Waals surface area contributed by atoms with Crippen molar-refractivity contribution in [1.82, 2.24) is 9.78 Å². The maximum Gasteiger partial charge on any atom is 0.335 e. The molecule has 26 heavy (non-hydrogen) atoms. The number of nitrogens with zero attached hydrogens (tertiary/aromatic N) is 2. The number of carbonyl (C=O) groups is 2. The van der Waals surface area contributed by atoms with Gasteiger partial charge < -0.3 is 14.6 Å². The van der Waals surface area contributed by atoms with Crippen molar-refractivity contribution >= 4 is 22.8 Å². The molecule has 140 valence electrons. The summed E-state index contributed by atoms with van der Waals surface area (Å²) in [6, 6.07) is 4.67. The molecule has 0 saturated heterocycles. The molecule has 0 fully saturated rings. The Kier molecular flexibility index (Phi) is 5.69. The third-order valence-electron chi connectivity index (χ3n) is 3.49. The van der Waals surface area contributed by atoms with E-state index >= 15 is 0 Å². The maximum atomic E-state index is 12.2. The van der Waals surface area contributed by atoms with E-state index in [1.54, 1.807) is 32.9 Å². The molecule has 0 atom stereocenters. The van der Waals surface area contributed by atoms with Crippen molar-refractivity contribution in [2.75, 3.05) is 6.61 Å². The first-order valence-corrected chi connectivity index (χ1v) is 8.36. The van der Waals surface area contributed by atoms with Gasteiger partial charge in [0.25, 0.3) is 0 Å². The number of esters is 1. The normalized spacial score (nSPS) is 11.4. The van der Waals surface area contributed by atoms with Crippen molar-refractivity contribution in [2.24, 2.45) is 0 Å². The molecular weight excluding hydrogens is 336 g/mol. The number of hydrogen-bond donors (Lipinski definition) is 1. The number of fused-ring (bicyclic) bond motifs is 1. The van der Waals surface area contributed by atoms with Crippen LogP contribution in [0.15, 0.2) is 30.5 Å². The van der Waals surface area contributed by atoms with Crippen LogP contribution in [-0.4, -0.2) is 39.0 Å². The van der Waals surface area contributed by atoms with E-state index in [9.17, 15) is 14.7 Å². The van der Waals surface area contributed by atoms with Crippen LogP contribution in [0.3, 0.4) is 0 Å².